The Balaban J connectivity index is 1.70. The second-order valence-electron chi connectivity index (χ2n) is 11.5. The first-order valence-corrected chi connectivity index (χ1v) is 13.7. The van der Waals surface area contributed by atoms with Gasteiger partial charge in [-0.1, -0.05) is 32.0 Å². The standard InChI is InChI=1S/C30H40F3N3O4/c1-19-13-15-36(16-14-19)27-21(10-12-26(35-27)30(31,32)33)9-11-24(37)20(2)22-7-8-23(25(17-22)39-6)18-34-28(38)40-29(3,4)5/h7-8,10,12,17,19-20H,9,11,13-16,18H2,1-6H3,(H,34,38). The van der Waals surface area contributed by atoms with Gasteiger partial charge in [0.25, 0.3) is 0 Å². The Morgan fingerprint density at radius 1 is 1.10 bits per heavy atom. The fraction of sp³-hybridized carbons (Fsp3) is 0.567. The van der Waals surface area contributed by atoms with E-state index in [1.54, 1.807) is 39.8 Å². The van der Waals surface area contributed by atoms with E-state index in [1.165, 1.54) is 13.2 Å². The first kappa shape index (κ1) is 31.2. The number of ketones is 1. The van der Waals surface area contributed by atoms with Gasteiger partial charge in [0, 0.05) is 37.5 Å². The van der Waals surface area contributed by atoms with Crippen molar-refractivity contribution < 1.29 is 32.2 Å². The SMILES string of the molecule is COc1cc(C(C)C(=O)CCc2ccc(C(F)(F)F)nc2N2CCC(C)CC2)ccc1CNC(=O)OC(C)(C)C. The lowest BCUT2D eigenvalue weighted by Gasteiger charge is -2.33. The van der Waals surface area contributed by atoms with Crippen LogP contribution in [-0.2, 0) is 28.7 Å². The Kier molecular flexibility index (Phi) is 10.1. The largest absolute Gasteiger partial charge is 0.496 e. The van der Waals surface area contributed by atoms with Crippen molar-refractivity contribution in [3.63, 3.8) is 0 Å². The van der Waals surface area contributed by atoms with Crippen molar-refractivity contribution in [1.82, 2.24) is 10.3 Å². The molecule has 3 rings (SSSR count). The number of hydrogen-bond donors (Lipinski definition) is 1. The number of Topliss-reactive ketones (excluding diaryl/α,β-unsaturated/α-hetero) is 1. The van der Waals surface area contributed by atoms with Crippen molar-refractivity contribution >= 4 is 17.7 Å². The number of rotatable bonds is 9. The van der Waals surface area contributed by atoms with E-state index < -0.39 is 29.5 Å². The van der Waals surface area contributed by atoms with Gasteiger partial charge in [-0.15, -0.1) is 0 Å². The van der Waals surface area contributed by atoms with Crippen molar-refractivity contribution in [2.45, 2.75) is 84.5 Å². The van der Waals surface area contributed by atoms with Crippen LogP contribution in [0.15, 0.2) is 30.3 Å². The minimum Gasteiger partial charge on any atom is -0.496 e. The number of benzene rings is 1. The van der Waals surface area contributed by atoms with Gasteiger partial charge in [-0.25, -0.2) is 9.78 Å². The van der Waals surface area contributed by atoms with Gasteiger partial charge in [-0.2, -0.15) is 13.2 Å². The highest BCUT2D eigenvalue weighted by Gasteiger charge is 2.34. The Morgan fingerprint density at radius 3 is 2.35 bits per heavy atom. The molecule has 0 saturated carbocycles. The van der Waals surface area contributed by atoms with Crippen LogP contribution in [0.4, 0.5) is 23.8 Å². The van der Waals surface area contributed by atoms with Crippen LogP contribution >= 0.6 is 0 Å². The number of piperidine rings is 1. The van der Waals surface area contributed by atoms with Gasteiger partial charge >= 0.3 is 12.3 Å². The lowest BCUT2D eigenvalue weighted by molar-refractivity contribution is -0.141. The summed E-state index contributed by atoms with van der Waals surface area (Å²) in [6.07, 6.45) is -2.84. The van der Waals surface area contributed by atoms with Crippen LogP contribution in [0.3, 0.4) is 0 Å². The van der Waals surface area contributed by atoms with E-state index in [-0.39, 0.29) is 18.7 Å². The Labute approximate surface area is 234 Å². The smallest absolute Gasteiger partial charge is 0.433 e. The van der Waals surface area contributed by atoms with Crippen LogP contribution in [0, 0.1) is 5.92 Å². The average Bonchev–Trinajstić information content (AvgIpc) is 2.89. The van der Waals surface area contributed by atoms with Crippen LogP contribution in [0.5, 0.6) is 5.75 Å². The first-order valence-electron chi connectivity index (χ1n) is 13.7. The Hall–Kier alpha value is -3.30. The first-order chi connectivity index (χ1) is 18.7. The van der Waals surface area contributed by atoms with Crippen LogP contribution in [0.2, 0.25) is 0 Å². The van der Waals surface area contributed by atoms with E-state index in [9.17, 15) is 22.8 Å². The summed E-state index contributed by atoms with van der Waals surface area (Å²) in [7, 11) is 1.52. The van der Waals surface area contributed by atoms with Crippen LogP contribution in [0.25, 0.3) is 0 Å². The number of methoxy groups -OCH3 is 1. The maximum absolute atomic E-state index is 13.4. The molecule has 40 heavy (non-hydrogen) atoms. The third-order valence-electron chi connectivity index (χ3n) is 7.09. The summed E-state index contributed by atoms with van der Waals surface area (Å²) in [5, 5.41) is 2.70. The highest BCUT2D eigenvalue weighted by atomic mass is 19.4. The van der Waals surface area contributed by atoms with E-state index in [0.717, 1.165) is 30.0 Å². The number of anilines is 1. The van der Waals surface area contributed by atoms with Gasteiger partial charge in [0.15, 0.2) is 0 Å². The molecule has 1 aromatic heterocycles. The number of carbonyl (C=O) groups is 2. The maximum Gasteiger partial charge on any atom is 0.433 e. The zero-order valence-corrected chi connectivity index (χ0v) is 24.2. The zero-order valence-electron chi connectivity index (χ0n) is 24.2. The number of pyridine rings is 1. The molecular formula is C30H40F3N3O4. The summed E-state index contributed by atoms with van der Waals surface area (Å²) in [5.41, 5.74) is 0.589. The molecule has 10 heteroatoms. The van der Waals surface area contributed by atoms with Gasteiger partial charge in [0.1, 0.15) is 28.6 Å². The lowest BCUT2D eigenvalue weighted by Crippen LogP contribution is -2.34. The van der Waals surface area contributed by atoms with Crippen molar-refractivity contribution in [2.75, 3.05) is 25.1 Å². The summed E-state index contributed by atoms with van der Waals surface area (Å²) in [4.78, 5) is 31.1. The number of nitrogens with zero attached hydrogens (tertiary/aromatic N) is 2. The van der Waals surface area contributed by atoms with Crippen molar-refractivity contribution in [2.24, 2.45) is 5.92 Å². The molecule has 1 N–H and O–H groups in total. The molecule has 0 aliphatic carbocycles. The molecule has 1 aliphatic heterocycles. The molecule has 2 aromatic rings. The van der Waals surface area contributed by atoms with Gasteiger partial charge in [-0.05, 0) is 69.2 Å². The van der Waals surface area contributed by atoms with E-state index in [4.69, 9.17) is 9.47 Å². The van der Waals surface area contributed by atoms with Crippen LogP contribution in [-0.4, -0.2) is 42.7 Å². The number of amides is 1. The third kappa shape index (κ3) is 8.60. The second kappa shape index (κ2) is 12.9. The lowest BCUT2D eigenvalue weighted by atomic mass is 9.91. The normalized spacial score (nSPS) is 15.5. The van der Waals surface area contributed by atoms with Gasteiger partial charge in [0.2, 0.25) is 0 Å². The van der Waals surface area contributed by atoms with E-state index in [0.29, 0.717) is 42.6 Å². The number of alkyl carbamates (subject to hydrolysis) is 1. The molecule has 0 spiro atoms. The molecule has 0 radical (unpaired) electrons. The number of aromatic nitrogens is 1. The number of nitrogens with one attached hydrogen (secondary N) is 1. The molecule has 1 amide bonds. The number of alkyl halides is 3. The second-order valence-corrected chi connectivity index (χ2v) is 11.5. The van der Waals surface area contributed by atoms with Gasteiger partial charge in [-0.3, -0.25) is 4.79 Å². The molecule has 220 valence electrons. The molecule has 1 aromatic carbocycles. The summed E-state index contributed by atoms with van der Waals surface area (Å²) in [6, 6.07) is 7.83. The highest BCUT2D eigenvalue weighted by molar-refractivity contribution is 5.85. The fourth-order valence-electron chi connectivity index (χ4n) is 4.64. The van der Waals surface area contributed by atoms with Crippen molar-refractivity contribution in [1.29, 1.82) is 0 Å². The van der Waals surface area contributed by atoms with E-state index in [2.05, 4.69) is 17.2 Å². The predicted octanol–water partition coefficient (Wildman–Crippen LogP) is 6.68. The van der Waals surface area contributed by atoms with E-state index in [1.807, 2.05) is 11.0 Å². The van der Waals surface area contributed by atoms with Gasteiger partial charge < -0.3 is 19.7 Å². The molecule has 1 unspecified atom stereocenters. The molecule has 0 bridgehead atoms. The summed E-state index contributed by atoms with van der Waals surface area (Å²) >= 11 is 0. The molecule has 1 aliphatic rings. The number of aryl methyl sites for hydroxylation is 1. The monoisotopic (exact) mass is 563 g/mol. The molecular weight excluding hydrogens is 523 g/mol. The van der Waals surface area contributed by atoms with Crippen molar-refractivity contribution in [3.8, 4) is 5.75 Å². The molecule has 2 heterocycles. The number of carbonyl (C=O) groups excluding carboxylic acids is 2. The third-order valence-corrected chi connectivity index (χ3v) is 7.09. The quantitative estimate of drug-likeness (QED) is 0.367. The number of halogens is 3. The zero-order chi connectivity index (χ0) is 29.7. The maximum atomic E-state index is 13.4. The number of hydrogen-bond acceptors (Lipinski definition) is 6. The summed E-state index contributed by atoms with van der Waals surface area (Å²) in [6.45, 7) is 10.8. The molecule has 7 nitrogen and oxygen atoms in total. The van der Waals surface area contributed by atoms with Crippen molar-refractivity contribution in [3.05, 3.63) is 52.7 Å². The Morgan fingerprint density at radius 2 is 1.75 bits per heavy atom. The minimum atomic E-state index is -4.53. The summed E-state index contributed by atoms with van der Waals surface area (Å²) < 4.78 is 51.0. The topological polar surface area (TPSA) is 80.8 Å². The van der Waals surface area contributed by atoms with E-state index >= 15 is 0 Å². The molecule has 1 atom stereocenters. The highest BCUT2D eigenvalue weighted by Crippen LogP contribution is 2.33. The molecule has 1 fully saturated rings. The van der Waals surface area contributed by atoms with Crippen LogP contribution in [0.1, 0.15) is 82.2 Å². The fourth-order valence-corrected chi connectivity index (χ4v) is 4.64. The number of ether oxygens (including phenoxy) is 2. The molecule has 1 saturated heterocycles. The van der Waals surface area contributed by atoms with Crippen LogP contribution < -0.4 is 15.0 Å². The Bertz CT molecular complexity index is 1190. The summed E-state index contributed by atoms with van der Waals surface area (Å²) in [5.74, 6) is 0.875. The van der Waals surface area contributed by atoms with Gasteiger partial charge in [0.05, 0.1) is 7.11 Å². The predicted molar refractivity (Wildman–Crippen MR) is 148 cm³/mol. The minimum absolute atomic E-state index is 0.0419. The average molecular weight is 564 g/mol.